The van der Waals surface area contributed by atoms with Crippen molar-refractivity contribution in [2.24, 2.45) is 0 Å². The first-order valence-corrected chi connectivity index (χ1v) is 7.39. The van der Waals surface area contributed by atoms with Gasteiger partial charge >= 0.3 is 11.7 Å². The van der Waals surface area contributed by atoms with Gasteiger partial charge in [0.15, 0.2) is 5.75 Å². The molecule has 26 heavy (non-hydrogen) atoms. The molecule has 0 aliphatic heterocycles. The SMILES string of the molecule is COc1cc2c(Oc3cc(C(=O)O)ccc3C)ncnc2cc1[N+](=O)[O-]. The number of rotatable bonds is 5. The normalized spacial score (nSPS) is 10.5. The number of methoxy groups -OCH3 is 1. The lowest BCUT2D eigenvalue weighted by Crippen LogP contribution is -1.99. The second kappa shape index (κ2) is 6.63. The Kier molecular flexibility index (Phi) is 4.36. The van der Waals surface area contributed by atoms with Crippen LogP contribution in [0, 0.1) is 17.0 Å². The second-order valence-electron chi connectivity index (χ2n) is 5.36. The number of fused-ring (bicyclic) bond motifs is 1. The van der Waals surface area contributed by atoms with Crippen LogP contribution in [0.4, 0.5) is 5.69 Å². The number of aromatic nitrogens is 2. The van der Waals surface area contributed by atoms with Crippen molar-refractivity contribution in [1.82, 2.24) is 9.97 Å². The number of aryl methyl sites for hydroxylation is 1. The van der Waals surface area contributed by atoms with E-state index < -0.39 is 10.9 Å². The minimum absolute atomic E-state index is 0.0400. The first kappa shape index (κ1) is 17.1. The van der Waals surface area contributed by atoms with E-state index in [1.165, 1.54) is 37.7 Å². The summed E-state index contributed by atoms with van der Waals surface area (Å²) in [5, 5.41) is 20.7. The quantitative estimate of drug-likeness (QED) is 0.545. The largest absolute Gasteiger partial charge is 0.490 e. The van der Waals surface area contributed by atoms with E-state index in [0.717, 1.165) is 0 Å². The molecule has 0 aliphatic rings. The van der Waals surface area contributed by atoms with E-state index in [2.05, 4.69) is 9.97 Å². The van der Waals surface area contributed by atoms with Crippen LogP contribution < -0.4 is 9.47 Å². The zero-order valence-corrected chi connectivity index (χ0v) is 13.8. The fourth-order valence-electron chi connectivity index (χ4n) is 2.38. The Morgan fingerprint density at radius 3 is 2.62 bits per heavy atom. The number of benzene rings is 2. The Morgan fingerprint density at radius 2 is 1.96 bits per heavy atom. The summed E-state index contributed by atoms with van der Waals surface area (Å²) in [6.45, 7) is 1.76. The van der Waals surface area contributed by atoms with E-state index >= 15 is 0 Å². The highest BCUT2D eigenvalue weighted by molar-refractivity contribution is 5.89. The van der Waals surface area contributed by atoms with Gasteiger partial charge in [-0.25, -0.2) is 14.8 Å². The van der Waals surface area contributed by atoms with Crippen LogP contribution in [0.25, 0.3) is 10.9 Å². The minimum Gasteiger partial charge on any atom is -0.490 e. The molecule has 1 N–H and O–H groups in total. The Labute approximate surface area is 147 Å². The number of nitrogens with zero attached hydrogens (tertiary/aromatic N) is 3. The molecule has 9 nitrogen and oxygen atoms in total. The maximum Gasteiger partial charge on any atom is 0.335 e. The number of ether oxygens (including phenoxy) is 2. The van der Waals surface area contributed by atoms with Crippen LogP contribution in [0.1, 0.15) is 15.9 Å². The third kappa shape index (κ3) is 3.09. The van der Waals surface area contributed by atoms with E-state index in [4.69, 9.17) is 14.6 Å². The molecule has 0 saturated heterocycles. The molecule has 3 aromatic rings. The summed E-state index contributed by atoms with van der Waals surface area (Å²) in [6.07, 6.45) is 1.21. The lowest BCUT2D eigenvalue weighted by atomic mass is 10.1. The maximum absolute atomic E-state index is 11.2. The second-order valence-corrected chi connectivity index (χ2v) is 5.36. The standard InChI is InChI=1S/C17H13N3O6/c1-9-3-4-10(17(21)22)5-14(9)26-16-11-6-15(25-2)13(20(23)24)7-12(11)18-8-19-16/h3-8H,1-2H3,(H,21,22). The Hall–Kier alpha value is -3.75. The third-order valence-corrected chi connectivity index (χ3v) is 3.74. The first-order chi connectivity index (χ1) is 12.4. The van der Waals surface area contributed by atoms with Gasteiger partial charge in [0, 0.05) is 12.1 Å². The summed E-state index contributed by atoms with van der Waals surface area (Å²) < 4.78 is 10.8. The van der Waals surface area contributed by atoms with Gasteiger partial charge in [-0.05, 0) is 24.6 Å². The van der Waals surface area contributed by atoms with Crippen molar-refractivity contribution < 1.29 is 24.3 Å². The Morgan fingerprint density at radius 1 is 1.19 bits per heavy atom. The monoisotopic (exact) mass is 355 g/mol. The lowest BCUT2D eigenvalue weighted by molar-refractivity contribution is -0.385. The Balaban J connectivity index is 2.13. The van der Waals surface area contributed by atoms with E-state index in [1.54, 1.807) is 13.0 Å². The number of nitro groups is 1. The molecule has 0 atom stereocenters. The molecule has 3 rings (SSSR count). The van der Waals surface area contributed by atoms with E-state index in [9.17, 15) is 14.9 Å². The van der Waals surface area contributed by atoms with E-state index in [0.29, 0.717) is 22.2 Å². The molecule has 0 aliphatic carbocycles. The van der Waals surface area contributed by atoms with Gasteiger partial charge in [-0.1, -0.05) is 6.07 Å². The number of carbonyl (C=O) groups is 1. The molecule has 0 spiro atoms. The molecule has 0 bridgehead atoms. The number of aromatic carboxylic acids is 1. The summed E-state index contributed by atoms with van der Waals surface area (Å²) in [5.41, 5.74) is 0.844. The summed E-state index contributed by atoms with van der Waals surface area (Å²) in [5.74, 6) is -0.603. The third-order valence-electron chi connectivity index (χ3n) is 3.74. The zero-order valence-electron chi connectivity index (χ0n) is 13.8. The molecule has 0 fully saturated rings. The van der Waals surface area contributed by atoms with Crippen LogP contribution in [0.15, 0.2) is 36.7 Å². The summed E-state index contributed by atoms with van der Waals surface area (Å²) >= 11 is 0. The molecule has 0 unspecified atom stereocenters. The first-order valence-electron chi connectivity index (χ1n) is 7.39. The highest BCUT2D eigenvalue weighted by Crippen LogP contribution is 2.36. The van der Waals surface area contributed by atoms with Crippen molar-refractivity contribution in [1.29, 1.82) is 0 Å². The average Bonchev–Trinajstić information content (AvgIpc) is 2.62. The summed E-state index contributed by atoms with van der Waals surface area (Å²) in [7, 11) is 1.32. The molecule has 1 aromatic heterocycles. The van der Waals surface area contributed by atoms with Crippen LogP contribution in [-0.2, 0) is 0 Å². The number of carboxylic acids is 1. The van der Waals surface area contributed by atoms with Crippen LogP contribution in [0.3, 0.4) is 0 Å². The van der Waals surface area contributed by atoms with Crippen LogP contribution in [0.5, 0.6) is 17.4 Å². The van der Waals surface area contributed by atoms with Crippen molar-refractivity contribution in [3.63, 3.8) is 0 Å². The van der Waals surface area contributed by atoms with Crippen LogP contribution >= 0.6 is 0 Å². The van der Waals surface area contributed by atoms with Crippen molar-refractivity contribution in [3.8, 4) is 17.4 Å². The fourth-order valence-corrected chi connectivity index (χ4v) is 2.38. The van der Waals surface area contributed by atoms with Crippen molar-refractivity contribution in [2.45, 2.75) is 6.92 Å². The highest BCUT2D eigenvalue weighted by atomic mass is 16.6. The molecule has 0 saturated carbocycles. The summed E-state index contributed by atoms with van der Waals surface area (Å²) in [4.78, 5) is 29.8. The highest BCUT2D eigenvalue weighted by Gasteiger charge is 2.19. The van der Waals surface area contributed by atoms with Crippen molar-refractivity contribution >= 4 is 22.6 Å². The maximum atomic E-state index is 11.2. The van der Waals surface area contributed by atoms with E-state index in [1.807, 2.05) is 0 Å². The average molecular weight is 355 g/mol. The van der Waals surface area contributed by atoms with Gasteiger partial charge in [0.05, 0.1) is 28.5 Å². The van der Waals surface area contributed by atoms with Gasteiger partial charge in [0.25, 0.3) is 0 Å². The van der Waals surface area contributed by atoms with Gasteiger partial charge in [-0.15, -0.1) is 0 Å². The van der Waals surface area contributed by atoms with Crippen LogP contribution in [0.2, 0.25) is 0 Å². The predicted octanol–water partition coefficient (Wildman–Crippen LogP) is 3.35. The molecule has 132 valence electrons. The molecule has 1 heterocycles. The zero-order chi connectivity index (χ0) is 18.8. The molecular formula is C17H13N3O6. The van der Waals surface area contributed by atoms with Gasteiger partial charge in [0.1, 0.15) is 12.1 Å². The molecule has 0 radical (unpaired) electrons. The topological polar surface area (TPSA) is 125 Å². The minimum atomic E-state index is -1.08. The number of hydrogen-bond acceptors (Lipinski definition) is 7. The fraction of sp³-hybridized carbons (Fsp3) is 0.118. The summed E-state index contributed by atoms with van der Waals surface area (Å²) in [6, 6.07) is 7.15. The molecular weight excluding hydrogens is 342 g/mol. The Bertz CT molecular complexity index is 1030. The molecule has 0 amide bonds. The van der Waals surface area contributed by atoms with Crippen molar-refractivity contribution in [3.05, 3.63) is 57.9 Å². The molecule has 9 heteroatoms. The smallest absolute Gasteiger partial charge is 0.335 e. The van der Waals surface area contributed by atoms with Gasteiger partial charge in [-0.3, -0.25) is 10.1 Å². The lowest BCUT2D eigenvalue weighted by Gasteiger charge is -2.11. The number of carboxylic acid groups (broad SMARTS) is 1. The molecule has 2 aromatic carbocycles. The van der Waals surface area contributed by atoms with E-state index in [-0.39, 0.29) is 22.9 Å². The van der Waals surface area contributed by atoms with Crippen LogP contribution in [-0.4, -0.2) is 33.1 Å². The van der Waals surface area contributed by atoms with Gasteiger partial charge in [-0.2, -0.15) is 0 Å². The van der Waals surface area contributed by atoms with Crippen molar-refractivity contribution in [2.75, 3.05) is 7.11 Å². The number of nitro benzene ring substituents is 1. The predicted molar refractivity (Wildman–Crippen MR) is 91.0 cm³/mol. The number of hydrogen-bond donors (Lipinski definition) is 1. The van der Waals surface area contributed by atoms with Gasteiger partial charge in [0.2, 0.25) is 5.88 Å². The van der Waals surface area contributed by atoms with Gasteiger partial charge < -0.3 is 14.6 Å².